The van der Waals surface area contributed by atoms with E-state index < -0.39 is 0 Å². The maximum atomic E-state index is 11.7. The predicted molar refractivity (Wildman–Crippen MR) is 94.4 cm³/mol. The van der Waals surface area contributed by atoms with E-state index in [1.165, 1.54) is 23.8 Å². The molecule has 6 heteroatoms. The molecule has 0 heterocycles. The van der Waals surface area contributed by atoms with Crippen molar-refractivity contribution >= 4 is 34.3 Å². The topological polar surface area (TPSA) is 58.2 Å². The Morgan fingerprint density at radius 2 is 1.86 bits per heavy atom. The molecule has 4 nitrogen and oxygen atoms in total. The highest BCUT2D eigenvalue weighted by Gasteiger charge is 2.15. The largest absolute Gasteiger partial charge is 0.356 e. The highest BCUT2D eigenvalue weighted by atomic mass is 33.1. The lowest BCUT2D eigenvalue weighted by atomic mass is 10.0. The fraction of sp³-hybridized carbons (Fsp3) is 0.867. The van der Waals surface area contributed by atoms with Crippen LogP contribution >= 0.6 is 22.6 Å². The highest BCUT2D eigenvalue weighted by molar-refractivity contribution is 8.67. The number of nitrogens with one attached hydrogen (secondary N) is 2. The van der Waals surface area contributed by atoms with Crippen LogP contribution in [0.5, 0.6) is 0 Å². The summed E-state index contributed by atoms with van der Waals surface area (Å²) in [6, 6.07) is -0.123. The maximum Gasteiger partial charge on any atom is 0.219 e. The molecule has 124 valence electrons. The van der Waals surface area contributed by atoms with Crippen LogP contribution in [0.2, 0.25) is 0 Å². The summed E-state index contributed by atoms with van der Waals surface area (Å²) in [6.07, 6.45) is 8.32. The summed E-state index contributed by atoms with van der Waals surface area (Å²) in [4.78, 5) is 23.2. The number of hydrogen-bond donors (Lipinski definition) is 3. The number of hydrogen-bond acceptors (Lipinski definition) is 5. The van der Waals surface area contributed by atoms with Crippen molar-refractivity contribution in [2.45, 2.75) is 77.7 Å². The van der Waals surface area contributed by atoms with Gasteiger partial charge in [0.15, 0.2) is 0 Å². The maximum absolute atomic E-state index is 11.7. The molecule has 21 heavy (non-hydrogen) atoms. The molecule has 0 bridgehead atoms. The quantitative estimate of drug-likeness (QED) is 0.196. The van der Waals surface area contributed by atoms with Crippen molar-refractivity contribution < 1.29 is 9.59 Å². The van der Waals surface area contributed by atoms with Crippen LogP contribution in [0.4, 0.5) is 0 Å². The number of carbonyl (C=O) groups excluding carboxylic acids is 2. The van der Waals surface area contributed by atoms with Gasteiger partial charge in [0.05, 0.1) is 6.04 Å². The smallest absolute Gasteiger partial charge is 0.219 e. The zero-order chi connectivity index (χ0) is 15.9. The monoisotopic (exact) mass is 334 g/mol. The third kappa shape index (κ3) is 12.1. The molecule has 0 aromatic rings. The molecule has 0 spiro atoms. The zero-order valence-electron chi connectivity index (χ0n) is 13.3. The molecule has 0 radical (unpaired) electrons. The van der Waals surface area contributed by atoms with Gasteiger partial charge in [0, 0.05) is 19.4 Å². The Bertz CT molecular complexity index is 289. The molecule has 0 aliphatic rings. The molecule has 0 aromatic heterocycles. The van der Waals surface area contributed by atoms with Crippen LogP contribution in [-0.4, -0.2) is 24.3 Å². The Morgan fingerprint density at radius 3 is 2.48 bits per heavy atom. The van der Waals surface area contributed by atoms with Gasteiger partial charge in [-0.25, -0.2) is 4.72 Å². The van der Waals surface area contributed by atoms with Crippen LogP contribution in [0.1, 0.15) is 71.6 Å². The minimum Gasteiger partial charge on any atom is -0.356 e. The Hall–Kier alpha value is -0.200. The zero-order valence-corrected chi connectivity index (χ0v) is 15.0. The van der Waals surface area contributed by atoms with Gasteiger partial charge in [-0.15, -0.1) is 0 Å². The lowest BCUT2D eigenvalue weighted by Gasteiger charge is -2.14. The van der Waals surface area contributed by atoms with Crippen molar-refractivity contribution in [2.75, 3.05) is 6.54 Å². The first-order chi connectivity index (χ1) is 10.2. The van der Waals surface area contributed by atoms with Crippen molar-refractivity contribution in [1.29, 1.82) is 0 Å². The highest BCUT2D eigenvalue weighted by Crippen LogP contribution is 2.09. The van der Waals surface area contributed by atoms with Crippen LogP contribution < -0.4 is 10.0 Å². The Balaban J connectivity index is 3.60. The molecule has 0 aromatic carbocycles. The van der Waals surface area contributed by atoms with Gasteiger partial charge in [-0.1, -0.05) is 44.8 Å². The second-order valence-electron chi connectivity index (χ2n) is 5.24. The summed E-state index contributed by atoms with van der Waals surface area (Å²) in [6.45, 7) is 4.74. The Labute approximate surface area is 138 Å². The second-order valence-corrected chi connectivity index (χ2v) is 6.20. The number of unbranched alkanes of at least 4 members (excludes halogenated alkanes) is 4. The van der Waals surface area contributed by atoms with E-state index in [2.05, 4.69) is 28.6 Å². The lowest BCUT2D eigenvalue weighted by Crippen LogP contribution is -2.31. The summed E-state index contributed by atoms with van der Waals surface area (Å²) in [5.41, 5.74) is 0. The van der Waals surface area contributed by atoms with Gasteiger partial charge in [0.25, 0.3) is 0 Å². The molecule has 2 N–H and O–H groups in total. The van der Waals surface area contributed by atoms with Crippen molar-refractivity contribution in [3.63, 3.8) is 0 Å². The molecule has 0 fully saturated rings. The van der Waals surface area contributed by atoms with Crippen molar-refractivity contribution in [2.24, 2.45) is 0 Å². The Morgan fingerprint density at radius 1 is 1.10 bits per heavy atom. The van der Waals surface area contributed by atoms with E-state index in [0.717, 1.165) is 32.1 Å². The van der Waals surface area contributed by atoms with Gasteiger partial charge >= 0.3 is 0 Å². The van der Waals surface area contributed by atoms with Crippen LogP contribution in [0.25, 0.3) is 0 Å². The van der Waals surface area contributed by atoms with E-state index in [4.69, 9.17) is 0 Å². The number of rotatable bonds is 14. The SMILES string of the molecule is CCCCCCC(=O)NCCCCC(NSS)C(=O)CC. The molecule has 1 amide bonds. The third-order valence-corrected chi connectivity index (χ3v) is 4.14. The number of Topliss-reactive ketones (excluding diaryl/α,β-unsaturated/α-hetero) is 1. The van der Waals surface area contributed by atoms with Crippen molar-refractivity contribution in [3.05, 3.63) is 0 Å². The molecule has 1 unspecified atom stereocenters. The van der Waals surface area contributed by atoms with Gasteiger partial charge in [-0.05, 0) is 36.7 Å². The molecule has 0 saturated heterocycles. The first kappa shape index (κ1) is 20.8. The fourth-order valence-corrected chi connectivity index (χ4v) is 2.86. The van der Waals surface area contributed by atoms with Gasteiger partial charge < -0.3 is 5.32 Å². The summed E-state index contributed by atoms with van der Waals surface area (Å²) in [7, 11) is 1.19. The van der Waals surface area contributed by atoms with Gasteiger partial charge in [-0.2, -0.15) is 0 Å². The molecule has 1 atom stereocenters. The summed E-state index contributed by atoms with van der Waals surface area (Å²) in [5.74, 6) is 0.368. The Kier molecular flexibility index (Phi) is 14.6. The minimum atomic E-state index is -0.123. The van der Waals surface area contributed by atoms with E-state index in [1.807, 2.05) is 6.92 Å². The van der Waals surface area contributed by atoms with E-state index >= 15 is 0 Å². The first-order valence-corrected chi connectivity index (χ1v) is 9.87. The van der Waals surface area contributed by atoms with Crippen molar-refractivity contribution in [3.8, 4) is 0 Å². The van der Waals surface area contributed by atoms with Crippen molar-refractivity contribution in [1.82, 2.24) is 10.0 Å². The van der Waals surface area contributed by atoms with Crippen LogP contribution in [-0.2, 0) is 9.59 Å². The van der Waals surface area contributed by atoms with Crippen LogP contribution in [0.15, 0.2) is 0 Å². The van der Waals surface area contributed by atoms with E-state index in [-0.39, 0.29) is 17.7 Å². The average molecular weight is 335 g/mol. The second kappa shape index (κ2) is 14.7. The molecule has 0 rings (SSSR count). The van der Waals surface area contributed by atoms with Crippen LogP contribution in [0, 0.1) is 0 Å². The molecular weight excluding hydrogens is 304 g/mol. The standard InChI is InChI=1S/C15H30N2O2S2/c1-3-5-6-7-11-15(19)16-12-9-8-10-13(17-21-20)14(18)4-2/h13,17,20H,3-12H2,1-2H3,(H,16,19). The molecular formula is C15H30N2O2S2. The summed E-state index contributed by atoms with van der Waals surface area (Å²) >= 11 is 4.03. The third-order valence-electron chi connectivity index (χ3n) is 3.43. The van der Waals surface area contributed by atoms with Gasteiger partial charge in [-0.3, -0.25) is 9.59 Å². The fourth-order valence-electron chi connectivity index (χ4n) is 2.10. The molecule has 0 saturated carbocycles. The number of ketones is 1. The van der Waals surface area contributed by atoms with E-state index in [1.54, 1.807) is 0 Å². The number of carbonyl (C=O) groups is 2. The van der Waals surface area contributed by atoms with Gasteiger partial charge in [0.1, 0.15) is 5.78 Å². The lowest BCUT2D eigenvalue weighted by molar-refractivity contribution is -0.121. The minimum absolute atomic E-state index is 0.123. The number of thiol groups is 1. The predicted octanol–water partition coefficient (Wildman–Crippen LogP) is 3.67. The normalized spacial score (nSPS) is 12.1. The average Bonchev–Trinajstić information content (AvgIpc) is 2.49. The molecule has 0 aliphatic carbocycles. The van der Waals surface area contributed by atoms with E-state index in [0.29, 0.717) is 19.4 Å². The van der Waals surface area contributed by atoms with Gasteiger partial charge in [0.2, 0.25) is 5.91 Å². The first-order valence-electron chi connectivity index (χ1n) is 8.01. The summed E-state index contributed by atoms with van der Waals surface area (Å²) in [5, 5.41) is 2.94. The van der Waals surface area contributed by atoms with Crippen LogP contribution in [0.3, 0.4) is 0 Å². The molecule has 0 aliphatic heterocycles. The number of amides is 1. The van der Waals surface area contributed by atoms with E-state index in [9.17, 15) is 9.59 Å². The summed E-state index contributed by atoms with van der Waals surface area (Å²) < 4.78 is 3.02.